The molecule has 4 N–H and O–H groups in total. The summed E-state index contributed by atoms with van der Waals surface area (Å²) in [5.74, 6) is -2.46. The zero-order chi connectivity index (χ0) is 27.3. The van der Waals surface area contributed by atoms with E-state index in [1.807, 2.05) is 0 Å². The molecule has 10 nitrogen and oxygen atoms in total. The average molecular weight is 527 g/mol. The number of carbonyl (C=O) groups is 1. The summed E-state index contributed by atoms with van der Waals surface area (Å²) in [7, 11) is 3.04. The van der Waals surface area contributed by atoms with Gasteiger partial charge >= 0.3 is 0 Å². The van der Waals surface area contributed by atoms with Crippen LogP contribution in [0.5, 0.6) is 5.88 Å². The fourth-order valence-electron chi connectivity index (χ4n) is 4.40. The van der Waals surface area contributed by atoms with Crippen LogP contribution in [0.15, 0.2) is 30.6 Å². The molecule has 5 rings (SSSR count). The third kappa shape index (κ3) is 4.29. The summed E-state index contributed by atoms with van der Waals surface area (Å²) in [6.45, 7) is 3.57. The molecule has 0 aliphatic carbocycles. The van der Waals surface area contributed by atoms with Gasteiger partial charge in [0.15, 0.2) is 5.65 Å². The number of aromatic nitrogens is 4. The van der Waals surface area contributed by atoms with E-state index in [9.17, 15) is 18.0 Å². The second-order valence-corrected chi connectivity index (χ2v) is 9.25. The van der Waals surface area contributed by atoms with E-state index < -0.39 is 35.5 Å². The Kier molecular flexibility index (Phi) is 6.21. The van der Waals surface area contributed by atoms with E-state index in [-0.39, 0.29) is 52.1 Å². The van der Waals surface area contributed by atoms with Gasteiger partial charge in [-0.15, -0.1) is 0 Å². The number of halogens is 3. The third-order valence-electron chi connectivity index (χ3n) is 6.21. The van der Waals surface area contributed by atoms with Crippen LogP contribution in [0.4, 0.5) is 30.5 Å². The van der Waals surface area contributed by atoms with Gasteiger partial charge in [-0.05, 0) is 37.6 Å². The second kappa shape index (κ2) is 9.39. The van der Waals surface area contributed by atoms with E-state index in [0.29, 0.717) is 5.56 Å². The monoisotopic (exact) mass is 526 g/mol. The molecule has 0 fully saturated rings. The topological polar surface area (TPSA) is 123 Å². The minimum atomic E-state index is -0.811. The standard InChI is InChI=1S/C25H25F3N8O2/c1-11-8-30-24(37)16-10-32-36-21(29)19(13-5-17(27)20(35(3)4)18(28)6-13)22(34-23(16)36)33-12(2)15-7-14(26)9-31-25(15)38-11/h5-7,9-12H,8,29H2,1-4H3,(H,30,37)(H,33,34)/t11-,12+/m0/s1. The molecule has 1 aliphatic heterocycles. The summed E-state index contributed by atoms with van der Waals surface area (Å²) < 4.78 is 51.3. The number of fused-ring (bicyclic) bond motifs is 2. The first-order valence-electron chi connectivity index (χ1n) is 11.8. The van der Waals surface area contributed by atoms with Crippen LogP contribution >= 0.6 is 0 Å². The van der Waals surface area contributed by atoms with E-state index in [4.69, 9.17) is 10.5 Å². The molecule has 198 valence electrons. The normalized spacial score (nSPS) is 17.5. The lowest BCUT2D eigenvalue weighted by molar-refractivity contribution is 0.0932. The van der Waals surface area contributed by atoms with Gasteiger partial charge in [0, 0.05) is 19.7 Å². The number of rotatable bonds is 2. The van der Waals surface area contributed by atoms with E-state index >= 15 is 0 Å². The number of carbonyl (C=O) groups excluding carboxylic acids is 1. The maximum Gasteiger partial charge on any atom is 0.256 e. The number of nitrogens with zero attached hydrogens (tertiary/aromatic N) is 5. The van der Waals surface area contributed by atoms with E-state index in [2.05, 4.69) is 25.7 Å². The van der Waals surface area contributed by atoms with Crippen LogP contribution in [0.3, 0.4) is 0 Å². The van der Waals surface area contributed by atoms with Crippen LogP contribution in [-0.2, 0) is 0 Å². The van der Waals surface area contributed by atoms with E-state index in [1.165, 1.54) is 35.8 Å². The Morgan fingerprint density at radius 2 is 1.84 bits per heavy atom. The number of pyridine rings is 1. The van der Waals surface area contributed by atoms with Crippen molar-refractivity contribution in [2.24, 2.45) is 0 Å². The molecule has 0 radical (unpaired) electrons. The van der Waals surface area contributed by atoms with Gasteiger partial charge in [0.05, 0.1) is 30.5 Å². The number of amides is 1. The predicted molar refractivity (Wildman–Crippen MR) is 136 cm³/mol. The summed E-state index contributed by atoms with van der Waals surface area (Å²) in [6, 6.07) is 2.89. The SMILES string of the molecule is C[C@H]1CNC(=O)c2cnn3c(N)c(-c4cc(F)c(N(C)C)c(F)c4)c(nc23)N[C@H](C)c2cc(F)cnc2O1. The number of nitrogens with one attached hydrogen (secondary N) is 2. The first-order valence-corrected chi connectivity index (χ1v) is 11.8. The Bertz CT molecular complexity index is 1550. The highest BCUT2D eigenvalue weighted by molar-refractivity contribution is 6.01. The van der Waals surface area contributed by atoms with Crippen LogP contribution in [0.2, 0.25) is 0 Å². The van der Waals surface area contributed by atoms with Crippen molar-refractivity contribution >= 4 is 28.9 Å². The van der Waals surface area contributed by atoms with E-state index in [0.717, 1.165) is 18.3 Å². The van der Waals surface area contributed by atoms with Gasteiger partial charge in [0.2, 0.25) is 5.88 Å². The lowest BCUT2D eigenvalue weighted by Gasteiger charge is -2.22. The van der Waals surface area contributed by atoms with Crippen molar-refractivity contribution in [2.45, 2.75) is 26.0 Å². The third-order valence-corrected chi connectivity index (χ3v) is 6.21. The van der Waals surface area contributed by atoms with Gasteiger partial charge in [-0.2, -0.15) is 9.61 Å². The highest BCUT2D eigenvalue weighted by Crippen LogP contribution is 2.39. The summed E-state index contributed by atoms with van der Waals surface area (Å²) in [5.41, 5.74) is 7.09. The Hall–Kier alpha value is -4.55. The van der Waals surface area contributed by atoms with Gasteiger partial charge < -0.3 is 26.0 Å². The highest BCUT2D eigenvalue weighted by atomic mass is 19.1. The van der Waals surface area contributed by atoms with Crippen molar-refractivity contribution in [3.8, 4) is 17.0 Å². The molecule has 2 bridgehead atoms. The fraction of sp³-hybridized carbons (Fsp3) is 0.280. The molecule has 0 spiro atoms. The van der Waals surface area contributed by atoms with Crippen molar-refractivity contribution in [1.82, 2.24) is 24.9 Å². The largest absolute Gasteiger partial charge is 0.473 e. The summed E-state index contributed by atoms with van der Waals surface area (Å²) >= 11 is 0. The molecule has 0 unspecified atom stereocenters. The summed E-state index contributed by atoms with van der Waals surface area (Å²) in [6.07, 6.45) is 1.82. The maximum absolute atomic E-state index is 15.0. The van der Waals surface area contributed by atoms with Crippen molar-refractivity contribution in [2.75, 3.05) is 36.6 Å². The molecule has 38 heavy (non-hydrogen) atoms. The Morgan fingerprint density at radius 3 is 2.53 bits per heavy atom. The number of ether oxygens (including phenoxy) is 1. The highest BCUT2D eigenvalue weighted by Gasteiger charge is 2.26. The number of benzene rings is 1. The summed E-state index contributed by atoms with van der Waals surface area (Å²) in [4.78, 5) is 23.0. The number of hydrogen-bond acceptors (Lipinski definition) is 8. The molecule has 3 aromatic heterocycles. The van der Waals surface area contributed by atoms with Crippen molar-refractivity contribution < 1.29 is 22.7 Å². The van der Waals surface area contributed by atoms with Crippen LogP contribution in [0.25, 0.3) is 16.8 Å². The Balaban J connectivity index is 1.76. The van der Waals surface area contributed by atoms with Crippen molar-refractivity contribution in [1.29, 1.82) is 0 Å². The average Bonchev–Trinajstić information content (AvgIpc) is 3.27. The zero-order valence-corrected chi connectivity index (χ0v) is 21.0. The van der Waals surface area contributed by atoms with Gasteiger partial charge in [0.1, 0.15) is 46.4 Å². The first kappa shape index (κ1) is 25.1. The summed E-state index contributed by atoms with van der Waals surface area (Å²) in [5, 5.41) is 10.1. The quantitative estimate of drug-likeness (QED) is 0.363. The zero-order valence-electron chi connectivity index (χ0n) is 21.0. The van der Waals surface area contributed by atoms with Crippen molar-refractivity contribution in [3.05, 3.63) is 59.2 Å². The smallest absolute Gasteiger partial charge is 0.256 e. The predicted octanol–water partition coefficient (Wildman–Crippen LogP) is 3.54. The fourth-order valence-corrected chi connectivity index (χ4v) is 4.40. The Labute approximate surface area is 215 Å². The minimum absolute atomic E-state index is 0.0165. The number of nitrogen functional groups attached to an aromatic ring is 1. The molecule has 4 aromatic rings. The number of nitrogens with two attached hydrogens (primary N) is 1. The molecule has 0 saturated heterocycles. The van der Waals surface area contributed by atoms with Crippen molar-refractivity contribution in [3.63, 3.8) is 0 Å². The minimum Gasteiger partial charge on any atom is -0.473 e. The molecule has 1 aromatic carbocycles. The molecule has 4 heterocycles. The lowest BCUT2D eigenvalue weighted by Crippen LogP contribution is -2.34. The van der Waals surface area contributed by atoms with E-state index in [1.54, 1.807) is 13.8 Å². The van der Waals surface area contributed by atoms with Crippen LogP contribution in [0.1, 0.15) is 35.8 Å². The van der Waals surface area contributed by atoms with Gasteiger partial charge in [-0.3, -0.25) is 4.79 Å². The Morgan fingerprint density at radius 1 is 1.13 bits per heavy atom. The molecular formula is C25H25F3N8O2. The first-order chi connectivity index (χ1) is 18.0. The molecule has 0 saturated carbocycles. The van der Waals surface area contributed by atoms with Crippen LogP contribution in [0, 0.1) is 17.5 Å². The number of hydrogen-bond donors (Lipinski definition) is 3. The van der Waals surface area contributed by atoms with Gasteiger partial charge in [-0.25, -0.2) is 23.1 Å². The van der Waals surface area contributed by atoms with Gasteiger partial charge in [-0.1, -0.05) is 0 Å². The molecule has 13 heteroatoms. The van der Waals surface area contributed by atoms with Gasteiger partial charge in [0.25, 0.3) is 5.91 Å². The maximum atomic E-state index is 15.0. The molecule has 1 amide bonds. The lowest BCUT2D eigenvalue weighted by atomic mass is 10.0. The molecule has 2 atom stereocenters. The molecular weight excluding hydrogens is 501 g/mol. The van der Waals surface area contributed by atoms with Crippen LogP contribution < -0.4 is 26.0 Å². The number of anilines is 3. The molecule has 1 aliphatic rings. The second-order valence-electron chi connectivity index (χ2n) is 9.25. The van der Waals surface area contributed by atoms with Crippen LogP contribution in [-0.4, -0.2) is 52.2 Å².